The summed E-state index contributed by atoms with van der Waals surface area (Å²) in [5.41, 5.74) is 8.95. The average molecular weight is 206 g/mol. The number of nitrogens with two attached hydrogens (primary N) is 2. The molecule has 0 atom stereocenters. The average Bonchev–Trinajstić information content (AvgIpc) is 1.79. The van der Waals surface area contributed by atoms with Gasteiger partial charge >= 0.3 is 11.9 Å². The zero-order valence-electron chi connectivity index (χ0n) is 7.10. The molecule has 0 aromatic heterocycles. The van der Waals surface area contributed by atoms with E-state index in [4.69, 9.17) is 10.2 Å². The van der Waals surface area contributed by atoms with Gasteiger partial charge in [-0.3, -0.25) is 19.2 Å². The number of carboxylic acids is 2. The van der Waals surface area contributed by atoms with E-state index >= 15 is 0 Å². The molecule has 0 aliphatic rings. The Labute approximate surface area is 78.5 Å². The molecule has 2 amide bonds. The van der Waals surface area contributed by atoms with Crippen molar-refractivity contribution in [3.05, 3.63) is 0 Å². The van der Waals surface area contributed by atoms with E-state index in [1.807, 2.05) is 0 Å². The van der Waals surface area contributed by atoms with Crippen molar-refractivity contribution in [2.24, 2.45) is 11.5 Å². The zero-order chi connectivity index (χ0) is 11.7. The van der Waals surface area contributed by atoms with E-state index in [9.17, 15) is 19.2 Å². The van der Waals surface area contributed by atoms with Gasteiger partial charge in [-0.1, -0.05) is 0 Å². The third-order valence-electron chi connectivity index (χ3n) is 0.651. The molecule has 0 radical (unpaired) electrons. The van der Waals surface area contributed by atoms with Gasteiger partial charge in [0.15, 0.2) is 0 Å². The molecule has 0 aromatic carbocycles. The van der Waals surface area contributed by atoms with Crippen molar-refractivity contribution in [3.63, 3.8) is 0 Å². The van der Waals surface area contributed by atoms with Gasteiger partial charge in [0.05, 0.1) is 0 Å². The van der Waals surface area contributed by atoms with Crippen LogP contribution in [0.3, 0.4) is 0 Å². The largest absolute Gasteiger partial charge is 0.481 e. The predicted octanol–water partition coefficient (Wildman–Crippen LogP) is -2.11. The summed E-state index contributed by atoms with van der Waals surface area (Å²) in [7, 11) is 0. The first-order valence-corrected chi connectivity index (χ1v) is 3.26. The van der Waals surface area contributed by atoms with Crippen molar-refractivity contribution in [1.29, 1.82) is 0 Å². The molecule has 0 saturated heterocycles. The number of aliphatic carboxylic acids is 2. The van der Waals surface area contributed by atoms with Gasteiger partial charge in [-0.2, -0.15) is 0 Å². The normalized spacial score (nSPS) is 8.00. The second-order valence-corrected chi connectivity index (χ2v) is 2.07. The van der Waals surface area contributed by atoms with Crippen molar-refractivity contribution in [2.45, 2.75) is 12.8 Å². The molecule has 0 rings (SSSR count). The number of primary amides is 2. The molecule has 8 heteroatoms. The van der Waals surface area contributed by atoms with Crippen molar-refractivity contribution < 1.29 is 29.4 Å². The molecule has 0 fully saturated rings. The first-order valence-electron chi connectivity index (χ1n) is 3.26. The first-order chi connectivity index (χ1) is 6.25. The number of amides is 2. The molecule has 6 N–H and O–H groups in total. The SMILES string of the molecule is NC(=O)CC(=O)O.NC(=O)CC(=O)O. The molecule has 0 aliphatic heterocycles. The summed E-state index contributed by atoms with van der Waals surface area (Å²) < 4.78 is 0. The van der Waals surface area contributed by atoms with Gasteiger partial charge in [0.25, 0.3) is 0 Å². The number of rotatable bonds is 4. The highest BCUT2D eigenvalue weighted by Gasteiger charge is 1.99. The van der Waals surface area contributed by atoms with Gasteiger partial charge in [0.1, 0.15) is 12.8 Å². The highest BCUT2D eigenvalue weighted by Crippen LogP contribution is 1.72. The number of hydrogen-bond donors (Lipinski definition) is 4. The van der Waals surface area contributed by atoms with E-state index in [-0.39, 0.29) is 0 Å². The minimum atomic E-state index is -1.19. The van der Waals surface area contributed by atoms with E-state index in [1.54, 1.807) is 0 Å². The van der Waals surface area contributed by atoms with Crippen LogP contribution in [0.25, 0.3) is 0 Å². The molecule has 14 heavy (non-hydrogen) atoms. The van der Waals surface area contributed by atoms with Gasteiger partial charge in [0, 0.05) is 0 Å². The lowest BCUT2D eigenvalue weighted by Gasteiger charge is -1.81. The van der Waals surface area contributed by atoms with Crippen LogP contribution in [-0.4, -0.2) is 34.0 Å². The minimum Gasteiger partial charge on any atom is -0.481 e. The lowest BCUT2D eigenvalue weighted by molar-refractivity contribution is -0.141. The van der Waals surface area contributed by atoms with Crippen LogP contribution in [0, 0.1) is 0 Å². The smallest absolute Gasteiger partial charge is 0.312 e. The molecule has 8 nitrogen and oxygen atoms in total. The quantitative estimate of drug-likeness (QED) is 0.385. The van der Waals surface area contributed by atoms with Crippen LogP contribution in [0.15, 0.2) is 0 Å². The van der Waals surface area contributed by atoms with E-state index in [0.717, 1.165) is 0 Å². The van der Waals surface area contributed by atoms with Gasteiger partial charge in [-0.05, 0) is 0 Å². The Bertz CT molecular complexity index is 199. The van der Waals surface area contributed by atoms with Crippen LogP contribution in [-0.2, 0) is 19.2 Å². The minimum absolute atomic E-state index is 0.583. The van der Waals surface area contributed by atoms with Crippen LogP contribution in [0.5, 0.6) is 0 Å². The van der Waals surface area contributed by atoms with Crippen molar-refractivity contribution in [1.82, 2.24) is 0 Å². The van der Waals surface area contributed by atoms with Gasteiger partial charge in [0.2, 0.25) is 11.8 Å². The Balaban J connectivity index is 0. The molecular formula is C6H10N2O6. The molecule has 0 heterocycles. The van der Waals surface area contributed by atoms with Gasteiger partial charge in [-0.15, -0.1) is 0 Å². The summed E-state index contributed by atoms with van der Waals surface area (Å²) in [6.07, 6.45) is -1.17. The lowest BCUT2D eigenvalue weighted by Crippen LogP contribution is -2.15. The molecule has 0 saturated carbocycles. The van der Waals surface area contributed by atoms with Crippen LogP contribution in [0.4, 0.5) is 0 Å². The highest BCUT2D eigenvalue weighted by molar-refractivity contribution is 5.92. The second kappa shape index (κ2) is 7.53. The van der Waals surface area contributed by atoms with E-state index in [1.165, 1.54) is 0 Å². The van der Waals surface area contributed by atoms with E-state index < -0.39 is 36.6 Å². The Morgan fingerprint density at radius 3 is 1.00 bits per heavy atom. The summed E-state index contributed by atoms with van der Waals surface area (Å²) in [5.74, 6) is -4.00. The van der Waals surface area contributed by atoms with Gasteiger partial charge in [-0.25, -0.2) is 0 Å². The van der Waals surface area contributed by atoms with Gasteiger partial charge < -0.3 is 21.7 Å². The van der Waals surface area contributed by atoms with Crippen molar-refractivity contribution in [2.75, 3.05) is 0 Å². The standard InChI is InChI=1S/2C3H5NO3/c2*4-2(5)1-3(6)7/h2*1H2,(H2,4,5)(H,6,7). The third kappa shape index (κ3) is 22.5. The lowest BCUT2D eigenvalue weighted by atomic mass is 10.4. The fourth-order valence-electron chi connectivity index (χ4n) is 0.298. The molecule has 0 aliphatic carbocycles. The maximum Gasteiger partial charge on any atom is 0.312 e. The fourth-order valence-corrected chi connectivity index (χ4v) is 0.298. The van der Waals surface area contributed by atoms with Crippen LogP contribution in [0.2, 0.25) is 0 Å². The zero-order valence-corrected chi connectivity index (χ0v) is 7.10. The molecule has 80 valence electrons. The predicted molar refractivity (Wildman–Crippen MR) is 42.9 cm³/mol. The second-order valence-electron chi connectivity index (χ2n) is 2.07. The summed E-state index contributed by atoms with van der Waals surface area (Å²) in [5, 5.41) is 15.6. The van der Waals surface area contributed by atoms with Crippen molar-refractivity contribution in [3.8, 4) is 0 Å². The number of hydrogen-bond acceptors (Lipinski definition) is 4. The number of carboxylic acid groups (broad SMARTS) is 2. The van der Waals surface area contributed by atoms with Crippen LogP contribution in [0.1, 0.15) is 12.8 Å². The molecule has 0 aromatic rings. The maximum atomic E-state index is 9.65. The Hall–Kier alpha value is -2.12. The fraction of sp³-hybridized carbons (Fsp3) is 0.333. The molecular weight excluding hydrogens is 196 g/mol. The molecule has 0 unspecified atom stereocenters. The Kier molecular flexibility index (Phi) is 7.74. The Morgan fingerprint density at radius 1 is 0.786 bits per heavy atom. The summed E-state index contributed by atoms with van der Waals surface area (Å²) in [4.78, 5) is 38.3. The Morgan fingerprint density at radius 2 is 1.00 bits per heavy atom. The van der Waals surface area contributed by atoms with Crippen LogP contribution >= 0.6 is 0 Å². The first kappa shape index (κ1) is 14.4. The summed E-state index contributed by atoms with van der Waals surface area (Å²) in [6, 6.07) is 0. The maximum absolute atomic E-state index is 9.65. The molecule has 0 bridgehead atoms. The van der Waals surface area contributed by atoms with Crippen molar-refractivity contribution >= 4 is 23.8 Å². The summed E-state index contributed by atoms with van der Waals surface area (Å²) >= 11 is 0. The monoisotopic (exact) mass is 206 g/mol. The molecule has 0 spiro atoms. The third-order valence-corrected chi connectivity index (χ3v) is 0.651. The summed E-state index contributed by atoms with van der Waals surface area (Å²) in [6.45, 7) is 0. The highest BCUT2D eigenvalue weighted by atomic mass is 16.4. The number of carbonyl (C=O) groups is 4. The van der Waals surface area contributed by atoms with Crippen LogP contribution < -0.4 is 11.5 Å². The van der Waals surface area contributed by atoms with E-state index in [0.29, 0.717) is 0 Å². The number of carbonyl (C=O) groups excluding carboxylic acids is 2. The van der Waals surface area contributed by atoms with E-state index in [2.05, 4.69) is 11.5 Å². The topological polar surface area (TPSA) is 161 Å².